The van der Waals surface area contributed by atoms with Gasteiger partial charge in [-0.1, -0.05) is 6.42 Å². The monoisotopic (exact) mass is 381 g/mol. The van der Waals surface area contributed by atoms with Crippen LogP contribution in [0.2, 0.25) is 0 Å². The first-order valence-corrected chi connectivity index (χ1v) is 8.11. The van der Waals surface area contributed by atoms with E-state index < -0.39 is 17.9 Å². The first-order chi connectivity index (χ1) is 11.9. The van der Waals surface area contributed by atoms with Gasteiger partial charge in [0.05, 0.1) is 17.7 Å². The van der Waals surface area contributed by atoms with Gasteiger partial charge in [-0.25, -0.2) is 0 Å². The number of nitrogens with one attached hydrogen (secondary N) is 1. The minimum atomic E-state index is -0.919. The van der Waals surface area contributed by atoms with Gasteiger partial charge in [0.1, 0.15) is 6.04 Å². The predicted molar refractivity (Wildman–Crippen MR) is 95.6 cm³/mol. The fraction of sp³-hybridized carbons (Fsp3) is 0.412. The van der Waals surface area contributed by atoms with Crippen LogP contribution < -0.4 is 5.32 Å². The number of carboxylic acids is 1. The SMILES string of the molecule is CN1C(=O)c2ccc(NC(=O)CN3CCCCC3C(=O)O)cc2C1=O.Cl. The molecule has 2 heterocycles. The standard InChI is InChI=1S/C17H19N3O5.ClH/c1-19-15(22)11-6-5-10(8-12(11)16(19)23)18-14(21)9-20-7-3-2-4-13(20)17(24)25;/h5-6,8,13H,2-4,7,9H2,1H3,(H,18,21)(H,24,25);1H. The number of hydrogen-bond acceptors (Lipinski definition) is 5. The van der Waals surface area contributed by atoms with Crippen molar-refractivity contribution >= 4 is 41.8 Å². The highest BCUT2D eigenvalue weighted by atomic mass is 35.5. The Hall–Kier alpha value is -2.45. The van der Waals surface area contributed by atoms with Crippen LogP contribution in [0.5, 0.6) is 0 Å². The number of halogens is 1. The summed E-state index contributed by atoms with van der Waals surface area (Å²) in [6.07, 6.45) is 2.23. The average Bonchev–Trinajstić information content (AvgIpc) is 2.79. The zero-order valence-electron chi connectivity index (χ0n) is 14.2. The number of carboxylic acid groups (broad SMARTS) is 1. The topological polar surface area (TPSA) is 107 Å². The summed E-state index contributed by atoms with van der Waals surface area (Å²) in [6, 6.07) is 3.90. The van der Waals surface area contributed by atoms with Gasteiger partial charge in [0, 0.05) is 12.7 Å². The number of carbonyl (C=O) groups is 4. The van der Waals surface area contributed by atoms with E-state index in [1.54, 1.807) is 11.0 Å². The third-order valence-corrected chi connectivity index (χ3v) is 4.62. The molecule has 26 heavy (non-hydrogen) atoms. The number of fused-ring (bicyclic) bond motifs is 1. The summed E-state index contributed by atoms with van der Waals surface area (Å²) in [6.45, 7) is 0.535. The number of imide groups is 1. The summed E-state index contributed by atoms with van der Waals surface area (Å²) >= 11 is 0. The Morgan fingerprint density at radius 1 is 1.19 bits per heavy atom. The summed E-state index contributed by atoms with van der Waals surface area (Å²) in [5.41, 5.74) is 0.975. The predicted octanol–water partition coefficient (Wildman–Crippen LogP) is 1.21. The molecular weight excluding hydrogens is 362 g/mol. The van der Waals surface area contributed by atoms with Gasteiger partial charge < -0.3 is 10.4 Å². The Bertz CT molecular complexity index is 767. The van der Waals surface area contributed by atoms with Crippen LogP contribution in [0, 0.1) is 0 Å². The lowest BCUT2D eigenvalue weighted by atomic mass is 10.0. The molecule has 1 unspecified atom stereocenters. The van der Waals surface area contributed by atoms with Crippen LogP contribution in [0.4, 0.5) is 5.69 Å². The second kappa shape index (κ2) is 7.84. The normalized spacial score (nSPS) is 19.7. The van der Waals surface area contributed by atoms with E-state index in [0.717, 1.165) is 17.7 Å². The lowest BCUT2D eigenvalue weighted by Gasteiger charge is -2.32. The smallest absolute Gasteiger partial charge is 0.320 e. The van der Waals surface area contributed by atoms with Gasteiger partial charge >= 0.3 is 5.97 Å². The molecule has 9 heteroatoms. The Balaban J connectivity index is 0.00000243. The van der Waals surface area contributed by atoms with Crippen LogP contribution >= 0.6 is 12.4 Å². The first kappa shape index (κ1) is 19.9. The van der Waals surface area contributed by atoms with Gasteiger partial charge in [0.25, 0.3) is 11.8 Å². The summed E-state index contributed by atoms with van der Waals surface area (Å²) in [4.78, 5) is 50.1. The molecule has 3 amide bonds. The number of amides is 3. The second-order valence-electron chi connectivity index (χ2n) is 6.30. The molecule has 2 aliphatic rings. The van der Waals surface area contributed by atoms with Crippen molar-refractivity contribution in [3.8, 4) is 0 Å². The number of aliphatic carboxylic acids is 1. The van der Waals surface area contributed by atoms with E-state index in [1.165, 1.54) is 19.2 Å². The molecule has 1 atom stereocenters. The highest BCUT2D eigenvalue weighted by molar-refractivity contribution is 6.21. The van der Waals surface area contributed by atoms with Gasteiger partial charge in [-0.05, 0) is 37.6 Å². The van der Waals surface area contributed by atoms with Crippen LogP contribution in [0.1, 0.15) is 40.0 Å². The summed E-state index contributed by atoms with van der Waals surface area (Å²) in [7, 11) is 1.41. The lowest BCUT2D eigenvalue weighted by molar-refractivity contribution is -0.145. The van der Waals surface area contributed by atoms with Crippen LogP contribution in [-0.2, 0) is 9.59 Å². The van der Waals surface area contributed by atoms with Crippen molar-refractivity contribution in [1.29, 1.82) is 0 Å². The number of likely N-dealkylation sites (tertiary alicyclic amines) is 1. The molecule has 0 aliphatic carbocycles. The van der Waals surface area contributed by atoms with Crippen LogP contribution in [-0.4, -0.2) is 64.8 Å². The first-order valence-electron chi connectivity index (χ1n) is 8.11. The molecule has 0 aromatic heterocycles. The third-order valence-electron chi connectivity index (χ3n) is 4.62. The third kappa shape index (κ3) is 3.71. The maximum absolute atomic E-state index is 12.3. The minimum Gasteiger partial charge on any atom is -0.480 e. The Labute approximate surface area is 156 Å². The quantitative estimate of drug-likeness (QED) is 0.759. The number of benzene rings is 1. The molecule has 1 aromatic rings. The lowest BCUT2D eigenvalue weighted by Crippen LogP contribution is -2.47. The van der Waals surface area contributed by atoms with Gasteiger partial charge in [0.15, 0.2) is 0 Å². The molecule has 0 bridgehead atoms. The average molecular weight is 382 g/mol. The molecular formula is C17H20ClN3O5. The maximum atomic E-state index is 12.3. The summed E-state index contributed by atoms with van der Waals surface area (Å²) < 4.78 is 0. The van der Waals surface area contributed by atoms with E-state index in [0.29, 0.717) is 24.2 Å². The number of carbonyl (C=O) groups excluding carboxylic acids is 3. The van der Waals surface area contributed by atoms with Crippen molar-refractivity contribution in [1.82, 2.24) is 9.80 Å². The molecule has 1 aromatic carbocycles. The van der Waals surface area contributed by atoms with Crippen molar-refractivity contribution in [2.24, 2.45) is 0 Å². The zero-order chi connectivity index (χ0) is 18.1. The van der Waals surface area contributed by atoms with Crippen molar-refractivity contribution in [3.05, 3.63) is 29.3 Å². The van der Waals surface area contributed by atoms with Crippen LogP contribution in [0.25, 0.3) is 0 Å². The number of piperidine rings is 1. The van der Waals surface area contributed by atoms with E-state index in [9.17, 15) is 24.3 Å². The van der Waals surface area contributed by atoms with Crippen molar-refractivity contribution in [2.75, 3.05) is 25.5 Å². The second-order valence-corrected chi connectivity index (χ2v) is 6.30. The number of hydrogen-bond donors (Lipinski definition) is 2. The van der Waals surface area contributed by atoms with E-state index in [2.05, 4.69) is 5.32 Å². The molecule has 8 nitrogen and oxygen atoms in total. The molecule has 0 radical (unpaired) electrons. The molecule has 3 rings (SSSR count). The van der Waals surface area contributed by atoms with E-state index >= 15 is 0 Å². The molecule has 2 N–H and O–H groups in total. The fourth-order valence-corrected chi connectivity index (χ4v) is 3.28. The van der Waals surface area contributed by atoms with E-state index in [1.807, 2.05) is 0 Å². The van der Waals surface area contributed by atoms with E-state index in [4.69, 9.17) is 0 Å². The van der Waals surface area contributed by atoms with Gasteiger partial charge in [-0.3, -0.25) is 29.0 Å². The minimum absolute atomic E-state index is 0. The van der Waals surface area contributed by atoms with Crippen molar-refractivity contribution in [3.63, 3.8) is 0 Å². The summed E-state index contributed by atoms with van der Waals surface area (Å²) in [5.74, 6) is -2.04. The number of anilines is 1. The number of rotatable bonds is 4. The van der Waals surface area contributed by atoms with Gasteiger partial charge in [-0.2, -0.15) is 0 Å². The highest BCUT2D eigenvalue weighted by Gasteiger charge is 2.33. The van der Waals surface area contributed by atoms with Crippen LogP contribution in [0.15, 0.2) is 18.2 Å². The Morgan fingerprint density at radius 3 is 2.58 bits per heavy atom. The molecule has 2 aliphatic heterocycles. The van der Waals surface area contributed by atoms with Crippen molar-refractivity contribution in [2.45, 2.75) is 25.3 Å². The molecule has 0 saturated carbocycles. The molecule has 1 saturated heterocycles. The number of nitrogens with zero attached hydrogens (tertiary/aromatic N) is 2. The Morgan fingerprint density at radius 2 is 1.88 bits per heavy atom. The maximum Gasteiger partial charge on any atom is 0.320 e. The molecule has 140 valence electrons. The van der Waals surface area contributed by atoms with Crippen LogP contribution in [0.3, 0.4) is 0 Å². The fourth-order valence-electron chi connectivity index (χ4n) is 3.28. The van der Waals surface area contributed by atoms with E-state index in [-0.39, 0.29) is 36.3 Å². The molecule has 0 spiro atoms. The van der Waals surface area contributed by atoms with Gasteiger partial charge in [-0.15, -0.1) is 12.4 Å². The highest BCUT2D eigenvalue weighted by Crippen LogP contribution is 2.25. The Kier molecular flexibility index (Phi) is 5.99. The molecule has 1 fully saturated rings. The zero-order valence-corrected chi connectivity index (χ0v) is 15.0. The largest absolute Gasteiger partial charge is 0.480 e. The van der Waals surface area contributed by atoms with Gasteiger partial charge in [0.2, 0.25) is 5.91 Å². The van der Waals surface area contributed by atoms with Crippen molar-refractivity contribution < 1.29 is 24.3 Å². The summed E-state index contributed by atoms with van der Waals surface area (Å²) in [5, 5.41) is 11.9.